The van der Waals surface area contributed by atoms with Crippen LogP contribution in [-0.2, 0) is 5.75 Å². The van der Waals surface area contributed by atoms with Gasteiger partial charge in [-0.25, -0.2) is 0 Å². The number of benzene rings is 1. The highest BCUT2D eigenvalue weighted by atomic mass is 35.5. The largest absolute Gasteiger partial charge is 0.299 e. The SMILES string of the molecule is Clc1ccccc1-c1nnc(SCc2nnsc2Cl)n1C1CCCC1. The minimum Gasteiger partial charge on any atom is -0.299 e. The van der Waals surface area contributed by atoms with Gasteiger partial charge < -0.3 is 0 Å². The highest BCUT2D eigenvalue weighted by Gasteiger charge is 2.26. The fourth-order valence-corrected chi connectivity index (χ4v) is 5.07. The Balaban J connectivity index is 1.69. The van der Waals surface area contributed by atoms with Crippen molar-refractivity contribution in [3.8, 4) is 11.4 Å². The minimum absolute atomic E-state index is 0.410. The highest BCUT2D eigenvalue weighted by molar-refractivity contribution is 7.98. The molecule has 0 bridgehead atoms. The molecule has 9 heteroatoms. The standard InChI is InChI=1S/C16H15Cl2N5S2/c17-12-8-4-3-7-11(12)15-20-21-16(23(15)10-5-1-2-6-10)24-9-13-14(18)25-22-19-13/h3-4,7-8,10H,1-2,5-6,9H2. The first-order valence-corrected chi connectivity index (χ1v) is 10.5. The van der Waals surface area contributed by atoms with Gasteiger partial charge in [-0.05, 0) is 25.0 Å². The molecule has 0 radical (unpaired) electrons. The van der Waals surface area contributed by atoms with Crippen LogP contribution >= 0.6 is 46.5 Å². The first-order chi connectivity index (χ1) is 12.2. The van der Waals surface area contributed by atoms with Crippen LogP contribution in [0.4, 0.5) is 0 Å². The van der Waals surface area contributed by atoms with Crippen LogP contribution in [0.3, 0.4) is 0 Å². The van der Waals surface area contributed by atoms with Crippen molar-refractivity contribution in [1.82, 2.24) is 24.4 Å². The Bertz CT molecular complexity index is 873. The maximum Gasteiger partial charge on any atom is 0.192 e. The van der Waals surface area contributed by atoms with Crippen LogP contribution in [0.5, 0.6) is 0 Å². The normalized spacial score (nSPS) is 15.1. The third-order valence-electron chi connectivity index (χ3n) is 4.32. The van der Waals surface area contributed by atoms with E-state index >= 15 is 0 Å². The van der Waals surface area contributed by atoms with Crippen LogP contribution < -0.4 is 0 Å². The van der Waals surface area contributed by atoms with Crippen LogP contribution in [0.15, 0.2) is 29.4 Å². The molecule has 1 aromatic carbocycles. The molecule has 1 saturated carbocycles. The molecule has 4 rings (SSSR count). The third-order valence-corrected chi connectivity index (χ3v) is 6.58. The number of halogens is 2. The van der Waals surface area contributed by atoms with Gasteiger partial charge in [0.05, 0.1) is 5.02 Å². The van der Waals surface area contributed by atoms with Crippen LogP contribution in [0.1, 0.15) is 37.4 Å². The van der Waals surface area contributed by atoms with Crippen molar-refractivity contribution in [3.05, 3.63) is 39.3 Å². The quantitative estimate of drug-likeness (QED) is 0.517. The Kier molecular flexibility index (Phi) is 5.26. The van der Waals surface area contributed by atoms with E-state index in [1.54, 1.807) is 11.8 Å². The highest BCUT2D eigenvalue weighted by Crippen LogP contribution is 2.39. The van der Waals surface area contributed by atoms with Crippen molar-refractivity contribution in [3.63, 3.8) is 0 Å². The van der Waals surface area contributed by atoms with E-state index in [9.17, 15) is 0 Å². The molecule has 2 aromatic heterocycles. The molecule has 3 aromatic rings. The van der Waals surface area contributed by atoms with E-state index in [1.165, 1.54) is 24.4 Å². The third kappa shape index (κ3) is 3.56. The van der Waals surface area contributed by atoms with E-state index < -0.39 is 0 Å². The topological polar surface area (TPSA) is 56.5 Å². The average molecular weight is 412 g/mol. The summed E-state index contributed by atoms with van der Waals surface area (Å²) in [4.78, 5) is 0. The predicted octanol–water partition coefficient (Wildman–Crippen LogP) is 5.51. The van der Waals surface area contributed by atoms with E-state index in [0.29, 0.717) is 21.2 Å². The van der Waals surface area contributed by atoms with Gasteiger partial charge in [-0.15, -0.1) is 15.3 Å². The zero-order valence-electron chi connectivity index (χ0n) is 13.2. The summed E-state index contributed by atoms with van der Waals surface area (Å²) in [5, 5.41) is 14.5. The van der Waals surface area contributed by atoms with E-state index in [4.69, 9.17) is 23.2 Å². The van der Waals surface area contributed by atoms with Gasteiger partial charge in [-0.2, -0.15) is 0 Å². The molecule has 0 N–H and O–H groups in total. The van der Waals surface area contributed by atoms with Crippen LogP contribution in [0.25, 0.3) is 11.4 Å². The van der Waals surface area contributed by atoms with Gasteiger partial charge in [0, 0.05) is 28.9 Å². The number of thioether (sulfide) groups is 1. The second kappa shape index (κ2) is 7.61. The zero-order chi connectivity index (χ0) is 17.2. The lowest BCUT2D eigenvalue weighted by Gasteiger charge is -2.17. The summed E-state index contributed by atoms with van der Waals surface area (Å²) in [5.74, 6) is 1.46. The molecule has 25 heavy (non-hydrogen) atoms. The van der Waals surface area contributed by atoms with Gasteiger partial charge in [0.1, 0.15) is 10.0 Å². The van der Waals surface area contributed by atoms with Gasteiger partial charge in [-0.3, -0.25) is 4.57 Å². The molecular weight excluding hydrogens is 397 g/mol. The maximum atomic E-state index is 6.40. The number of hydrogen-bond acceptors (Lipinski definition) is 6. The molecule has 1 fully saturated rings. The summed E-state index contributed by atoms with van der Waals surface area (Å²) in [6.45, 7) is 0. The predicted molar refractivity (Wildman–Crippen MR) is 102 cm³/mol. The zero-order valence-corrected chi connectivity index (χ0v) is 16.4. The summed E-state index contributed by atoms with van der Waals surface area (Å²) in [6, 6.07) is 8.19. The average Bonchev–Trinajstić information content (AvgIpc) is 3.33. The van der Waals surface area contributed by atoms with Crippen molar-refractivity contribution in [1.29, 1.82) is 0 Å². The van der Waals surface area contributed by atoms with Gasteiger partial charge in [0.25, 0.3) is 0 Å². The van der Waals surface area contributed by atoms with E-state index in [2.05, 4.69) is 24.4 Å². The molecule has 0 spiro atoms. The lowest BCUT2D eigenvalue weighted by atomic mass is 10.2. The molecule has 0 aliphatic heterocycles. The molecule has 0 amide bonds. The monoisotopic (exact) mass is 411 g/mol. The molecule has 1 aliphatic carbocycles. The minimum atomic E-state index is 0.410. The van der Waals surface area contributed by atoms with Gasteiger partial charge >= 0.3 is 0 Å². The fraction of sp³-hybridized carbons (Fsp3) is 0.375. The van der Waals surface area contributed by atoms with Gasteiger partial charge in [0.2, 0.25) is 0 Å². The van der Waals surface area contributed by atoms with Gasteiger partial charge in [0.15, 0.2) is 11.0 Å². The lowest BCUT2D eigenvalue weighted by Crippen LogP contribution is -2.08. The van der Waals surface area contributed by atoms with Crippen molar-refractivity contribution in [2.24, 2.45) is 0 Å². The van der Waals surface area contributed by atoms with E-state index in [1.807, 2.05) is 24.3 Å². The van der Waals surface area contributed by atoms with Gasteiger partial charge in [-0.1, -0.05) is 64.4 Å². The fourth-order valence-electron chi connectivity index (χ4n) is 3.11. The molecule has 130 valence electrons. The van der Waals surface area contributed by atoms with Crippen molar-refractivity contribution in [2.45, 2.75) is 42.6 Å². The first kappa shape index (κ1) is 17.3. The Morgan fingerprint density at radius 3 is 2.64 bits per heavy atom. The second-order valence-electron chi connectivity index (χ2n) is 5.88. The lowest BCUT2D eigenvalue weighted by molar-refractivity contribution is 0.485. The smallest absolute Gasteiger partial charge is 0.192 e. The Morgan fingerprint density at radius 2 is 1.92 bits per heavy atom. The van der Waals surface area contributed by atoms with Crippen molar-refractivity contribution in [2.75, 3.05) is 0 Å². The van der Waals surface area contributed by atoms with Crippen LogP contribution in [0, 0.1) is 0 Å². The Labute approximate surface area is 163 Å². The van der Waals surface area contributed by atoms with E-state index in [0.717, 1.165) is 35.1 Å². The summed E-state index contributed by atoms with van der Waals surface area (Å²) in [5.41, 5.74) is 1.71. The Hall–Kier alpha value is -1.15. The molecule has 1 aliphatic rings. The molecular formula is C16H15Cl2N5S2. The maximum absolute atomic E-state index is 6.40. The molecule has 5 nitrogen and oxygen atoms in total. The van der Waals surface area contributed by atoms with E-state index in [-0.39, 0.29) is 0 Å². The van der Waals surface area contributed by atoms with Crippen molar-refractivity contribution < 1.29 is 0 Å². The summed E-state index contributed by atoms with van der Waals surface area (Å²) >= 11 is 15.3. The first-order valence-electron chi connectivity index (χ1n) is 8.03. The molecule has 0 saturated heterocycles. The van der Waals surface area contributed by atoms with Crippen LogP contribution in [0.2, 0.25) is 9.36 Å². The summed E-state index contributed by atoms with van der Waals surface area (Å²) in [6.07, 6.45) is 4.75. The molecule has 0 atom stereocenters. The summed E-state index contributed by atoms with van der Waals surface area (Å²) in [7, 11) is 0. The number of hydrogen-bond donors (Lipinski definition) is 0. The molecule has 0 unspecified atom stereocenters. The van der Waals surface area contributed by atoms with Crippen LogP contribution in [-0.4, -0.2) is 24.4 Å². The molecule has 2 heterocycles. The number of aromatic nitrogens is 5. The number of nitrogens with zero attached hydrogens (tertiary/aromatic N) is 5. The number of rotatable bonds is 5. The Morgan fingerprint density at radius 1 is 1.12 bits per heavy atom. The second-order valence-corrected chi connectivity index (χ2v) is 8.58. The van der Waals surface area contributed by atoms with Crippen molar-refractivity contribution >= 4 is 46.5 Å². The summed E-state index contributed by atoms with van der Waals surface area (Å²) < 4.78 is 6.76.